The van der Waals surface area contributed by atoms with Crippen LogP contribution in [0.1, 0.15) is 41.3 Å². The first-order chi connectivity index (χ1) is 13.8. The van der Waals surface area contributed by atoms with Gasteiger partial charge in [-0.2, -0.15) is 0 Å². The van der Waals surface area contributed by atoms with Gasteiger partial charge in [0.05, 0.1) is 13.0 Å². The lowest BCUT2D eigenvalue weighted by Crippen LogP contribution is -2.42. The molecule has 0 fully saturated rings. The predicted molar refractivity (Wildman–Crippen MR) is 112 cm³/mol. The highest BCUT2D eigenvalue weighted by molar-refractivity contribution is 8.13. The third kappa shape index (κ3) is 6.29. The van der Waals surface area contributed by atoms with Gasteiger partial charge in [0.25, 0.3) is 0 Å². The molecule has 0 aliphatic heterocycles. The van der Waals surface area contributed by atoms with Gasteiger partial charge in [-0.05, 0) is 11.6 Å². The molecule has 1 amide bonds. The Kier molecular flexibility index (Phi) is 8.15. The second-order valence-corrected chi connectivity index (χ2v) is 7.47. The van der Waals surface area contributed by atoms with Gasteiger partial charge in [-0.25, -0.2) is 4.79 Å². The molecule has 6 nitrogen and oxygen atoms in total. The van der Waals surface area contributed by atoms with Gasteiger partial charge in [0, 0.05) is 23.8 Å². The monoisotopic (exact) mass is 413 g/mol. The minimum absolute atomic E-state index is 0.0675. The lowest BCUT2D eigenvalue weighted by molar-refractivity contribution is -0.144. The zero-order chi connectivity index (χ0) is 21.4. The van der Waals surface area contributed by atoms with Crippen molar-refractivity contribution < 1.29 is 23.9 Å². The van der Waals surface area contributed by atoms with Crippen molar-refractivity contribution in [2.75, 3.05) is 12.9 Å². The van der Waals surface area contributed by atoms with E-state index in [4.69, 9.17) is 0 Å². The Morgan fingerprint density at radius 3 is 2.28 bits per heavy atom. The zero-order valence-electron chi connectivity index (χ0n) is 16.5. The SMILES string of the molecule is COC(=O)[C@@H](CSC(=O)C(C)c1cccc(C(=O)c2ccccc2)c1)NC(C)=O. The standard InChI is InChI=1S/C22H23NO5S/c1-14(22(27)29-13-19(21(26)28-3)23-15(2)24)17-10-7-11-18(12-17)20(25)16-8-5-4-6-9-16/h4-12,14,19H,13H2,1-3H3,(H,23,24)/t14?,19-/m1/s1. The van der Waals surface area contributed by atoms with Gasteiger partial charge in [-0.1, -0.05) is 67.2 Å². The average Bonchev–Trinajstić information content (AvgIpc) is 2.75. The molecule has 0 saturated heterocycles. The molecule has 0 radical (unpaired) electrons. The molecule has 0 saturated carbocycles. The van der Waals surface area contributed by atoms with Crippen LogP contribution in [0.2, 0.25) is 0 Å². The highest BCUT2D eigenvalue weighted by Crippen LogP contribution is 2.24. The van der Waals surface area contributed by atoms with Crippen LogP contribution in [-0.4, -0.2) is 41.7 Å². The third-order valence-corrected chi connectivity index (χ3v) is 5.43. The number of thioether (sulfide) groups is 1. The van der Waals surface area contributed by atoms with E-state index in [0.29, 0.717) is 16.7 Å². The fraction of sp³-hybridized carbons (Fsp3) is 0.273. The molecule has 2 rings (SSSR count). The summed E-state index contributed by atoms with van der Waals surface area (Å²) in [5.41, 5.74) is 1.79. The Labute approximate surface area is 174 Å². The number of nitrogens with one attached hydrogen (secondary N) is 1. The number of rotatable bonds is 8. The number of carbonyl (C=O) groups excluding carboxylic acids is 4. The lowest BCUT2D eigenvalue weighted by atomic mass is 9.96. The third-order valence-electron chi connectivity index (χ3n) is 4.29. The van der Waals surface area contributed by atoms with Crippen molar-refractivity contribution >= 4 is 34.5 Å². The van der Waals surface area contributed by atoms with Crippen LogP contribution in [0, 0.1) is 0 Å². The molecule has 1 N–H and O–H groups in total. The Balaban J connectivity index is 2.08. The van der Waals surface area contributed by atoms with E-state index in [0.717, 1.165) is 11.8 Å². The summed E-state index contributed by atoms with van der Waals surface area (Å²) < 4.78 is 4.66. The van der Waals surface area contributed by atoms with Crippen LogP contribution >= 0.6 is 11.8 Å². The van der Waals surface area contributed by atoms with Gasteiger partial charge >= 0.3 is 5.97 Å². The minimum Gasteiger partial charge on any atom is -0.467 e. The van der Waals surface area contributed by atoms with Crippen LogP contribution in [0.25, 0.3) is 0 Å². The molecule has 0 spiro atoms. The average molecular weight is 413 g/mol. The minimum atomic E-state index is -0.898. The fourth-order valence-electron chi connectivity index (χ4n) is 2.69. The van der Waals surface area contributed by atoms with Gasteiger partial charge < -0.3 is 10.1 Å². The van der Waals surface area contributed by atoms with Gasteiger partial charge in [-0.3, -0.25) is 14.4 Å². The summed E-state index contributed by atoms with van der Waals surface area (Å²) in [5.74, 6) is -1.52. The summed E-state index contributed by atoms with van der Waals surface area (Å²) in [5, 5.41) is 2.30. The van der Waals surface area contributed by atoms with Crippen molar-refractivity contribution in [2.24, 2.45) is 0 Å². The van der Waals surface area contributed by atoms with Crippen LogP contribution in [-0.2, 0) is 19.1 Å². The van der Waals surface area contributed by atoms with Crippen molar-refractivity contribution in [2.45, 2.75) is 25.8 Å². The van der Waals surface area contributed by atoms with E-state index in [-0.39, 0.29) is 22.6 Å². The first-order valence-electron chi connectivity index (χ1n) is 9.04. The largest absolute Gasteiger partial charge is 0.467 e. The van der Waals surface area contributed by atoms with Crippen LogP contribution in [0.15, 0.2) is 54.6 Å². The van der Waals surface area contributed by atoms with Gasteiger partial charge in [0.15, 0.2) is 10.9 Å². The smallest absolute Gasteiger partial charge is 0.329 e. The van der Waals surface area contributed by atoms with E-state index in [1.165, 1.54) is 14.0 Å². The molecule has 2 aromatic carbocycles. The molecule has 0 bridgehead atoms. The van der Waals surface area contributed by atoms with E-state index in [2.05, 4.69) is 10.1 Å². The van der Waals surface area contributed by atoms with E-state index < -0.39 is 17.9 Å². The Morgan fingerprint density at radius 2 is 1.66 bits per heavy atom. The van der Waals surface area contributed by atoms with Crippen molar-refractivity contribution in [3.8, 4) is 0 Å². The van der Waals surface area contributed by atoms with E-state index in [1.807, 2.05) is 6.07 Å². The number of ketones is 1. The zero-order valence-corrected chi connectivity index (χ0v) is 17.3. The quantitative estimate of drug-likeness (QED) is 0.529. The Morgan fingerprint density at radius 1 is 1.00 bits per heavy atom. The highest BCUT2D eigenvalue weighted by atomic mass is 32.2. The molecule has 1 unspecified atom stereocenters. The summed E-state index contributed by atoms with van der Waals surface area (Å²) >= 11 is 0.944. The number of methoxy groups -OCH3 is 1. The lowest BCUT2D eigenvalue weighted by Gasteiger charge is -2.16. The maximum absolute atomic E-state index is 12.6. The van der Waals surface area contributed by atoms with E-state index in [1.54, 1.807) is 55.5 Å². The van der Waals surface area contributed by atoms with E-state index >= 15 is 0 Å². The van der Waals surface area contributed by atoms with Gasteiger partial charge in [-0.15, -0.1) is 0 Å². The number of amides is 1. The molecule has 7 heteroatoms. The van der Waals surface area contributed by atoms with Crippen molar-refractivity contribution in [1.29, 1.82) is 0 Å². The first kappa shape index (κ1) is 22.4. The maximum atomic E-state index is 12.6. The number of hydrogen-bond donors (Lipinski definition) is 1. The van der Waals surface area contributed by atoms with Crippen molar-refractivity contribution in [3.63, 3.8) is 0 Å². The molecule has 0 heterocycles. The van der Waals surface area contributed by atoms with Gasteiger partial charge in [0.2, 0.25) is 5.91 Å². The summed E-state index contributed by atoms with van der Waals surface area (Å²) in [4.78, 5) is 48.2. The molecular formula is C22H23NO5S. The van der Waals surface area contributed by atoms with Crippen LogP contribution in [0.3, 0.4) is 0 Å². The maximum Gasteiger partial charge on any atom is 0.329 e. The highest BCUT2D eigenvalue weighted by Gasteiger charge is 2.24. The molecule has 29 heavy (non-hydrogen) atoms. The molecule has 2 aromatic rings. The number of hydrogen-bond acceptors (Lipinski definition) is 6. The Hall–Kier alpha value is -2.93. The number of ether oxygens (including phenoxy) is 1. The Bertz CT molecular complexity index is 897. The molecule has 0 aliphatic carbocycles. The summed E-state index contributed by atoms with van der Waals surface area (Å²) in [6.45, 7) is 3.04. The normalized spacial score (nSPS) is 12.5. The van der Waals surface area contributed by atoms with Crippen molar-refractivity contribution in [3.05, 3.63) is 71.3 Å². The summed E-state index contributed by atoms with van der Waals surface area (Å²) in [7, 11) is 1.22. The number of esters is 1. The predicted octanol–water partition coefficient (Wildman–Crippen LogP) is 2.96. The summed E-state index contributed by atoms with van der Waals surface area (Å²) in [6.07, 6.45) is 0. The first-order valence-corrected chi connectivity index (χ1v) is 10.0. The number of carbonyl (C=O) groups is 4. The van der Waals surface area contributed by atoms with Crippen molar-refractivity contribution in [1.82, 2.24) is 5.32 Å². The molecule has 0 aliphatic rings. The van der Waals surface area contributed by atoms with Crippen LogP contribution in [0.4, 0.5) is 0 Å². The number of benzene rings is 2. The van der Waals surface area contributed by atoms with E-state index in [9.17, 15) is 19.2 Å². The topological polar surface area (TPSA) is 89.5 Å². The fourth-order valence-corrected chi connectivity index (χ4v) is 3.62. The molecule has 0 aromatic heterocycles. The van der Waals surface area contributed by atoms with Crippen LogP contribution in [0.5, 0.6) is 0 Å². The molecule has 152 valence electrons. The summed E-state index contributed by atoms with van der Waals surface area (Å²) in [6, 6.07) is 15.0. The molecular weight excluding hydrogens is 390 g/mol. The van der Waals surface area contributed by atoms with Gasteiger partial charge in [0.1, 0.15) is 6.04 Å². The van der Waals surface area contributed by atoms with Crippen LogP contribution < -0.4 is 5.32 Å². The second kappa shape index (κ2) is 10.6. The second-order valence-electron chi connectivity index (χ2n) is 6.45. The molecule has 2 atom stereocenters.